The van der Waals surface area contributed by atoms with Crippen LogP contribution in [0.3, 0.4) is 0 Å². The molecule has 0 aliphatic carbocycles. The van der Waals surface area contributed by atoms with Crippen LogP contribution < -0.4 is 0 Å². The van der Waals surface area contributed by atoms with Gasteiger partial charge in [-0.1, -0.05) is 18.2 Å². The zero-order valence-corrected chi connectivity index (χ0v) is 11.2. The van der Waals surface area contributed by atoms with Gasteiger partial charge in [-0.2, -0.15) is 0 Å². The second kappa shape index (κ2) is 3.85. The van der Waals surface area contributed by atoms with E-state index in [4.69, 9.17) is 0 Å². The topological polar surface area (TPSA) is 42.2 Å². The molecule has 0 unspecified atom stereocenters. The second-order valence-electron chi connectivity index (χ2n) is 4.22. The molecule has 0 aliphatic heterocycles. The van der Waals surface area contributed by atoms with Crippen molar-refractivity contribution >= 4 is 44.0 Å². The van der Waals surface area contributed by atoms with Crippen molar-refractivity contribution in [2.45, 2.75) is 0 Å². The number of fused-ring (bicyclic) bond motifs is 3. The van der Waals surface area contributed by atoms with Crippen LogP contribution in [0.5, 0.6) is 5.75 Å². The fraction of sp³-hybridized carbons (Fsp3) is 0.0714. The molecule has 18 heavy (non-hydrogen) atoms. The predicted molar refractivity (Wildman–Crippen MR) is 75.2 cm³/mol. The number of aromatic hydroxyl groups is 1. The molecule has 0 atom stereocenters. The van der Waals surface area contributed by atoms with Gasteiger partial charge in [0.05, 0.1) is 9.99 Å². The van der Waals surface area contributed by atoms with Gasteiger partial charge in [-0.3, -0.25) is 4.79 Å². The third-order valence-electron chi connectivity index (χ3n) is 3.26. The van der Waals surface area contributed by atoms with Crippen LogP contribution in [0.2, 0.25) is 0 Å². The Morgan fingerprint density at radius 1 is 1.28 bits per heavy atom. The highest BCUT2D eigenvalue weighted by molar-refractivity contribution is 9.10. The molecule has 4 heteroatoms. The van der Waals surface area contributed by atoms with E-state index in [0.29, 0.717) is 10.0 Å². The first-order chi connectivity index (χ1) is 8.65. The van der Waals surface area contributed by atoms with E-state index in [-0.39, 0.29) is 5.75 Å². The Bertz CT molecular complexity index is 789. The molecule has 0 amide bonds. The number of aryl methyl sites for hydroxylation is 1. The zero-order valence-electron chi connectivity index (χ0n) is 9.64. The minimum Gasteiger partial charge on any atom is -0.505 e. The van der Waals surface area contributed by atoms with Crippen molar-refractivity contribution in [3.8, 4) is 5.75 Å². The summed E-state index contributed by atoms with van der Waals surface area (Å²) in [4.78, 5) is 11.0. The van der Waals surface area contributed by atoms with Gasteiger partial charge in [0.25, 0.3) is 0 Å². The Morgan fingerprint density at radius 3 is 2.72 bits per heavy atom. The maximum Gasteiger partial charge on any atom is 0.154 e. The maximum atomic E-state index is 11.0. The van der Waals surface area contributed by atoms with Crippen molar-refractivity contribution in [1.29, 1.82) is 0 Å². The highest BCUT2D eigenvalue weighted by Gasteiger charge is 2.16. The smallest absolute Gasteiger partial charge is 0.154 e. The molecule has 3 rings (SSSR count). The number of aldehydes is 1. The summed E-state index contributed by atoms with van der Waals surface area (Å²) < 4.78 is 2.37. The number of aromatic nitrogens is 1. The average Bonchev–Trinajstić information content (AvgIpc) is 2.68. The molecule has 0 bridgehead atoms. The average molecular weight is 304 g/mol. The Hall–Kier alpha value is -1.81. The molecule has 3 nitrogen and oxygen atoms in total. The highest BCUT2D eigenvalue weighted by Crippen LogP contribution is 2.39. The molecule has 1 aromatic heterocycles. The van der Waals surface area contributed by atoms with E-state index in [2.05, 4.69) is 15.9 Å². The van der Waals surface area contributed by atoms with Crippen molar-refractivity contribution in [3.05, 3.63) is 40.4 Å². The molecular weight excluding hydrogens is 294 g/mol. The lowest BCUT2D eigenvalue weighted by Crippen LogP contribution is -1.89. The first kappa shape index (κ1) is 11.3. The lowest BCUT2D eigenvalue weighted by molar-refractivity contribution is 0.112. The van der Waals surface area contributed by atoms with E-state index >= 15 is 0 Å². The summed E-state index contributed by atoms with van der Waals surface area (Å²) in [6, 6.07) is 9.67. The summed E-state index contributed by atoms with van der Waals surface area (Å²) in [5.41, 5.74) is 2.21. The summed E-state index contributed by atoms with van der Waals surface area (Å²) >= 11 is 3.26. The third-order valence-corrected chi connectivity index (χ3v) is 4.09. The number of carbonyl (C=O) groups excluding carboxylic acids is 1. The molecule has 0 aliphatic rings. The van der Waals surface area contributed by atoms with Gasteiger partial charge in [0.15, 0.2) is 12.0 Å². The van der Waals surface area contributed by atoms with Crippen LogP contribution in [0, 0.1) is 0 Å². The van der Waals surface area contributed by atoms with E-state index in [1.54, 1.807) is 6.07 Å². The number of rotatable bonds is 1. The first-order valence-corrected chi connectivity index (χ1v) is 6.28. The summed E-state index contributed by atoms with van der Waals surface area (Å²) in [6.07, 6.45) is 0.741. The molecule has 3 aromatic rings. The standard InChI is InChI=1S/C14H10BrNO2/c1-16-11-5-3-2-4-9(11)10-6-8(7-17)12(15)14(18)13(10)16/h2-7,18H,1H3. The molecule has 0 saturated heterocycles. The molecule has 0 fully saturated rings. The third kappa shape index (κ3) is 1.32. The van der Waals surface area contributed by atoms with E-state index in [9.17, 15) is 9.90 Å². The van der Waals surface area contributed by atoms with Crippen molar-refractivity contribution < 1.29 is 9.90 Å². The normalized spacial score (nSPS) is 11.2. The number of halogens is 1. The van der Waals surface area contributed by atoms with Crippen LogP contribution in [0.15, 0.2) is 34.8 Å². The molecule has 0 saturated carbocycles. The number of carbonyl (C=O) groups is 1. The number of phenolic OH excluding ortho intramolecular Hbond substituents is 1. The van der Waals surface area contributed by atoms with Gasteiger partial charge >= 0.3 is 0 Å². The van der Waals surface area contributed by atoms with Crippen LogP contribution in [-0.2, 0) is 7.05 Å². The second-order valence-corrected chi connectivity index (χ2v) is 5.01. The van der Waals surface area contributed by atoms with Crippen LogP contribution >= 0.6 is 15.9 Å². The summed E-state index contributed by atoms with van der Waals surface area (Å²) in [5, 5.41) is 12.1. The lowest BCUT2D eigenvalue weighted by atomic mass is 10.1. The van der Waals surface area contributed by atoms with Crippen molar-refractivity contribution in [3.63, 3.8) is 0 Å². The van der Waals surface area contributed by atoms with E-state index in [1.807, 2.05) is 35.9 Å². The molecule has 1 N–H and O–H groups in total. The Balaban J connectivity index is 2.65. The lowest BCUT2D eigenvalue weighted by Gasteiger charge is -2.04. The number of phenols is 1. The zero-order chi connectivity index (χ0) is 12.9. The van der Waals surface area contributed by atoms with Crippen LogP contribution in [0.25, 0.3) is 21.8 Å². The SMILES string of the molecule is Cn1c2ccccc2c2cc(C=O)c(Br)c(O)c21. The molecular formula is C14H10BrNO2. The van der Waals surface area contributed by atoms with Crippen molar-refractivity contribution in [2.75, 3.05) is 0 Å². The minimum absolute atomic E-state index is 0.105. The fourth-order valence-corrected chi connectivity index (χ4v) is 2.80. The van der Waals surface area contributed by atoms with Crippen LogP contribution in [0.1, 0.15) is 10.4 Å². The Labute approximate surface area is 112 Å². The Kier molecular flexibility index (Phi) is 2.41. The fourth-order valence-electron chi connectivity index (χ4n) is 2.40. The van der Waals surface area contributed by atoms with Crippen molar-refractivity contribution in [2.24, 2.45) is 7.05 Å². The molecule has 2 aromatic carbocycles. The summed E-state index contributed by atoms with van der Waals surface area (Å²) in [5.74, 6) is 0.105. The van der Waals surface area contributed by atoms with E-state index in [0.717, 1.165) is 28.1 Å². The largest absolute Gasteiger partial charge is 0.505 e. The molecule has 0 radical (unpaired) electrons. The van der Waals surface area contributed by atoms with E-state index < -0.39 is 0 Å². The van der Waals surface area contributed by atoms with Gasteiger partial charge in [0.1, 0.15) is 0 Å². The van der Waals surface area contributed by atoms with Crippen molar-refractivity contribution in [1.82, 2.24) is 4.57 Å². The number of nitrogens with zero attached hydrogens (tertiary/aromatic N) is 1. The minimum atomic E-state index is 0.105. The van der Waals surface area contributed by atoms with Gasteiger partial charge in [0.2, 0.25) is 0 Å². The van der Waals surface area contributed by atoms with Gasteiger partial charge in [0, 0.05) is 28.9 Å². The van der Waals surface area contributed by atoms with E-state index in [1.165, 1.54) is 0 Å². The quantitative estimate of drug-likeness (QED) is 0.698. The molecule has 1 heterocycles. The van der Waals surface area contributed by atoms with Gasteiger partial charge in [-0.15, -0.1) is 0 Å². The number of para-hydroxylation sites is 1. The number of hydrogen-bond acceptors (Lipinski definition) is 2. The Morgan fingerprint density at radius 2 is 2.00 bits per heavy atom. The van der Waals surface area contributed by atoms with Crippen LogP contribution in [0.4, 0.5) is 0 Å². The summed E-state index contributed by atoms with van der Waals surface area (Å²) in [7, 11) is 1.90. The monoisotopic (exact) mass is 303 g/mol. The molecule has 0 spiro atoms. The number of hydrogen-bond donors (Lipinski definition) is 1. The maximum absolute atomic E-state index is 11.0. The van der Waals surface area contributed by atoms with Gasteiger partial charge in [-0.25, -0.2) is 0 Å². The first-order valence-electron chi connectivity index (χ1n) is 5.49. The molecule has 90 valence electrons. The van der Waals surface area contributed by atoms with Gasteiger partial charge in [-0.05, 0) is 28.1 Å². The van der Waals surface area contributed by atoms with Crippen LogP contribution in [-0.4, -0.2) is 16.0 Å². The van der Waals surface area contributed by atoms with Gasteiger partial charge < -0.3 is 9.67 Å². The summed E-state index contributed by atoms with van der Waals surface area (Å²) in [6.45, 7) is 0. The highest BCUT2D eigenvalue weighted by atomic mass is 79.9. The number of benzene rings is 2. The predicted octanol–water partition coefficient (Wildman–Crippen LogP) is 3.61.